The van der Waals surface area contributed by atoms with Crippen molar-refractivity contribution in [3.63, 3.8) is 0 Å². The molecule has 0 radical (unpaired) electrons. The Morgan fingerprint density at radius 3 is 2.11 bits per heavy atom. The van der Waals surface area contributed by atoms with Crippen molar-refractivity contribution >= 4 is 11.8 Å². The summed E-state index contributed by atoms with van der Waals surface area (Å²) in [5.74, 6) is 5.91. The van der Waals surface area contributed by atoms with Crippen molar-refractivity contribution < 1.29 is 9.59 Å². The molecule has 0 aliphatic carbocycles. The van der Waals surface area contributed by atoms with Crippen LogP contribution >= 0.6 is 0 Å². The predicted molar refractivity (Wildman–Crippen MR) is 73.2 cm³/mol. The van der Waals surface area contributed by atoms with E-state index >= 15 is 0 Å². The van der Waals surface area contributed by atoms with Gasteiger partial charge in [0.15, 0.2) is 0 Å². The van der Waals surface area contributed by atoms with Crippen LogP contribution in [0.5, 0.6) is 0 Å². The Morgan fingerprint density at radius 1 is 1.00 bits per heavy atom. The van der Waals surface area contributed by atoms with Crippen molar-refractivity contribution in [2.24, 2.45) is 0 Å². The Balaban J connectivity index is 1.83. The summed E-state index contributed by atoms with van der Waals surface area (Å²) in [4.78, 5) is 26.5. The van der Waals surface area contributed by atoms with Gasteiger partial charge in [-0.2, -0.15) is 0 Å². The van der Waals surface area contributed by atoms with Crippen LogP contribution < -0.4 is 0 Å². The van der Waals surface area contributed by atoms with Crippen LogP contribution in [-0.4, -0.2) is 46.8 Å². The van der Waals surface area contributed by atoms with E-state index in [0.29, 0.717) is 24.9 Å². The predicted octanol–water partition coefficient (Wildman–Crippen LogP) is 1.40. The van der Waals surface area contributed by atoms with E-state index in [1.54, 1.807) is 0 Å². The van der Waals surface area contributed by atoms with Gasteiger partial charge in [-0.25, -0.2) is 0 Å². The number of carbonyl (C=O) groups is 2. The topological polar surface area (TPSA) is 40.6 Å². The normalized spacial score (nSPS) is 28.4. The molecule has 2 heterocycles. The van der Waals surface area contributed by atoms with Crippen molar-refractivity contribution in [3.8, 4) is 11.8 Å². The zero-order valence-corrected chi connectivity index (χ0v) is 11.8. The summed E-state index contributed by atoms with van der Waals surface area (Å²) in [6.07, 6.45) is 4.45. The SMILES string of the molecule is C[C@H]1CCC[C@H](C)N1CC#CCN1C(=O)CCC1=O. The fraction of sp³-hybridized carbons (Fsp3) is 0.733. The van der Waals surface area contributed by atoms with E-state index < -0.39 is 0 Å². The lowest BCUT2D eigenvalue weighted by Gasteiger charge is -2.37. The summed E-state index contributed by atoms with van der Waals surface area (Å²) in [6.45, 7) is 5.47. The Labute approximate surface area is 115 Å². The number of rotatable bonds is 2. The number of carbonyl (C=O) groups excluding carboxylic acids is 2. The van der Waals surface area contributed by atoms with Crippen LogP contribution in [0.3, 0.4) is 0 Å². The van der Waals surface area contributed by atoms with Gasteiger partial charge < -0.3 is 0 Å². The van der Waals surface area contributed by atoms with E-state index in [2.05, 4.69) is 30.6 Å². The third-order valence-corrected chi connectivity index (χ3v) is 4.15. The maximum atomic E-state index is 11.4. The smallest absolute Gasteiger partial charge is 0.230 e. The van der Waals surface area contributed by atoms with Gasteiger partial charge in [-0.3, -0.25) is 19.4 Å². The van der Waals surface area contributed by atoms with Gasteiger partial charge in [-0.05, 0) is 26.7 Å². The third kappa shape index (κ3) is 3.36. The molecule has 104 valence electrons. The molecule has 2 aliphatic rings. The molecule has 0 aromatic rings. The summed E-state index contributed by atoms with van der Waals surface area (Å²) in [6, 6.07) is 1.15. The van der Waals surface area contributed by atoms with Crippen molar-refractivity contribution in [2.75, 3.05) is 13.1 Å². The molecule has 0 aromatic carbocycles. The molecule has 0 unspecified atom stereocenters. The lowest BCUT2D eigenvalue weighted by atomic mass is 9.98. The fourth-order valence-electron chi connectivity index (χ4n) is 2.87. The molecule has 2 amide bonds. The molecule has 2 aliphatic heterocycles. The maximum Gasteiger partial charge on any atom is 0.230 e. The minimum atomic E-state index is -0.0843. The molecule has 4 nitrogen and oxygen atoms in total. The first kappa shape index (κ1) is 14.1. The van der Waals surface area contributed by atoms with Gasteiger partial charge in [-0.15, -0.1) is 0 Å². The van der Waals surface area contributed by atoms with Gasteiger partial charge in [0.2, 0.25) is 11.8 Å². The molecule has 2 saturated heterocycles. The van der Waals surface area contributed by atoms with Crippen LogP contribution in [0, 0.1) is 11.8 Å². The van der Waals surface area contributed by atoms with Crippen LogP contribution in [0.2, 0.25) is 0 Å². The van der Waals surface area contributed by atoms with Gasteiger partial charge in [0, 0.05) is 24.9 Å². The lowest BCUT2D eigenvalue weighted by molar-refractivity contribution is -0.137. The largest absolute Gasteiger partial charge is 0.287 e. The highest BCUT2D eigenvalue weighted by Crippen LogP contribution is 2.21. The summed E-state index contributed by atoms with van der Waals surface area (Å²) in [5, 5.41) is 0. The molecule has 2 atom stereocenters. The summed E-state index contributed by atoms with van der Waals surface area (Å²) >= 11 is 0. The van der Waals surface area contributed by atoms with Crippen LogP contribution in [0.25, 0.3) is 0 Å². The number of hydrogen-bond acceptors (Lipinski definition) is 3. The zero-order chi connectivity index (χ0) is 13.8. The van der Waals surface area contributed by atoms with Crippen LogP contribution in [-0.2, 0) is 9.59 Å². The number of imide groups is 1. The van der Waals surface area contributed by atoms with E-state index in [9.17, 15) is 9.59 Å². The Morgan fingerprint density at radius 2 is 1.53 bits per heavy atom. The van der Waals surface area contributed by atoms with Crippen LogP contribution in [0.4, 0.5) is 0 Å². The Kier molecular flexibility index (Phi) is 4.60. The molecule has 4 heteroatoms. The highest BCUT2D eigenvalue weighted by molar-refractivity contribution is 6.02. The molecule has 19 heavy (non-hydrogen) atoms. The van der Waals surface area contributed by atoms with Crippen LogP contribution in [0.1, 0.15) is 46.0 Å². The van der Waals surface area contributed by atoms with E-state index in [0.717, 1.165) is 6.54 Å². The van der Waals surface area contributed by atoms with E-state index in [4.69, 9.17) is 0 Å². The average Bonchev–Trinajstić information content (AvgIpc) is 2.68. The highest BCUT2D eigenvalue weighted by Gasteiger charge is 2.27. The van der Waals surface area contributed by atoms with E-state index in [1.165, 1.54) is 24.2 Å². The molecular formula is C15H22N2O2. The monoisotopic (exact) mass is 262 g/mol. The molecule has 0 saturated carbocycles. The summed E-state index contributed by atoms with van der Waals surface area (Å²) < 4.78 is 0. The molecule has 0 N–H and O–H groups in total. The van der Waals surface area contributed by atoms with Gasteiger partial charge in [0.1, 0.15) is 0 Å². The number of likely N-dealkylation sites (tertiary alicyclic amines) is 2. The number of hydrogen-bond donors (Lipinski definition) is 0. The van der Waals surface area contributed by atoms with Crippen molar-refractivity contribution in [2.45, 2.75) is 58.0 Å². The maximum absolute atomic E-state index is 11.4. The van der Waals surface area contributed by atoms with E-state index in [-0.39, 0.29) is 18.4 Å². The zero-order valence-electron chi connectivity index (χ0n) is 11.8. The number of nitrogens with zero attached hydrogens (tertiary/aromatic N) is 2. The summed E-state index contributed by atoms with van der Waals surface area (Å²) in [7, 11) is 0. The lowest BCUT2D eigenvalue weighted by Crippen LogP contribution is -2.43. The first-order chi connectivity index (χ1) is 9.09. The molecule has 2 rings (SSSR count). The van der Waals surface area contributed by atoms with Gasteiger partial charge in [0.05, 0.1) is 13.1 Å². The Hall–Kier alpha value is -1.34. The molecule has 0 spiro atoms. The number of amides is 2. The first-order valence-electron chi connectivity index (χ1n) is 7.14. The van der Waals surface area contributed by atoms with Crippen molar-refractivity contribution in [1.82, 2.24) is 9.80 Å². The molecule has 0 aromatic heterocycles. The standard InChI is InChI=1S/C15H22N2O2/c1-12-6-5-7-13(2)16(12)10-3-4-11-17-14(18)8-9-15(17)19/h12-13H,5-11H2,1-2H3/t12-,13-/m0/s1. The van der Waals surface area contributed by atoms with E-state index in [1.807, 2.05) is 0 Å². The minimum Gasteiger partial charge on any atom is -0.287 e. The second-order valence-electron chi connectivity index (χ2n) is 5.53. The van der Waals surface area contributed by atoms with Gasteiger partial charge in [0.25, 0.3) is 0 Å². The minimum absolute atomic E-state index is 0.0843. The third-order valence-electron chi connectivity index (χ3n) is 4.15. The molecule has 0 bridgehead atoms. The van der Waals surface area contributed by atoms with Crippen molar-refractivity contribution in [1.29, 1.82) is 0 Å². The molecular weight excluding hydrogens is 240 g/mol. The second-order valence-corrected chi connectivity index (χ2v) is 5.53. The Bertz CT molecular complexity index is 396. The van der Waals surface area contributed by atoms with Gasteiger partial charge in [-0.1, -0.05) is 18.3 Å². The second kappa shape index (κ2) is 6.21. The summed E-state index contributed by atoms with van der Waals surface area (Å²) in [5.41, 5.74) is 0. The number of piperidine rings is 1. The average molecular weight is 262 g/mol. The first-order valence-corrected chi connectivity index (χ1v) is 7.14. The molecule has 2 fully saturated rings. The van der Waals surface area contributed by atoms with Crippen LogP contribution in [0.15, 0.2) is 0 Å². The van der Waals surface area contributed by atoms with Crippen molar-refractivity contribution in [3.05, 3.63) is 0 Å². The highest BCUT2D eigenvalue weighted by atomic mass is 16.2. The fourth-order valence-corrected chi connectivity index (χ4v) is 2.87. The quantitative estimate of drug-likeness (QED) is 0.558. The van der Waals surface area contributed by atoms with Gasteiger partial charge >= 0.3 is 0 Å².